The smallest absolute Gasteiger partial charge is 0.367 e. The Morgan fingerprint density at radius 3 is 2.70 bits per heavy atom. The summed E-state index contributed by atoms with van der Waals surface area (Å²) in [5.41, 5.74) is -1.27. The minimum atomic E-state index is -4.07. The molecule has 2 saturated carbocycles. The lowest BCUT2D eigenvalue weighted by atomic mass is 9.70. The monoisotopic (exact) mass is 361 g/mol. The fourth-order valence-corrected chi connectivity index (χ4v) is 6.18. The predicted octanol–water partition coefficient (Wildman–Crippen LogP) is 1.33. The predicted molar refractivity (Wildman–Crippen MR) is 84.3 cm³/mol. The van der Waals surface area contributed by atoms with E-state index in [4.69, 9.17) is 4.74 Å². The van der Waals surface area contributed by atoms with Crippen LogP contribution in [0, 0.1) is 16.7 Å². The van der Waals surface area contributed by atoms with Gasteiger partial charge in [0.25, 0.3) is 0 Å². The van der Waals surface area contributed by atoms with Gasteiger partial charge in [0.1, 0.15) is 18.1 Å². The molecule has 3 fully saturated rings. The molecule has 128 valence electrons. The molecular formula is C14H19NO6S2. The van der Waals surface area contributed by atoms with Crippen molar-refractivity contribution >= 4 is 38.7 Å². The Morgan fingerprint density at radius 2 is 2.13 bits per heavy atom. The second-order valence-corrected chi connectivity index (χ2v) is 9.46. The molecule has 0 N–H and O–H groups in total. The molecule has 2 unspecified atom stereocenters. The Balaban J connectivity index is 1.78. The Labute approximate surface area is 139 Å². The van der Waals surface area contributed by atoms with Gasteiger partial charge in [0.05, 0.1) is 5.41 Å². The highest BCUT2D eigenvalue weighted by Crippen LogP contribution is 2.64. The molecular weight excluding hydrogens is 342 g/mol. The van der Waals surface area contributed by atoms with Crippen LogP contribution in [0.15, 0.2) is 5.16 Å². The number of ketones is 1. The van der Waals surface area contributed by atoms with Gasteiger partial charge in [0.2, 0.25) is 5.04 Å². The lowest BCUT2D eigenvalue weighted by molar-refractivity contribution is -0.135. The Kier molecular flexibility index (Phi) is 3.99. The molecule has 1 heterocycles. The maximum Gasteiger partial charge on any atom is 0.367 e. The largest absolute Gasteiger partial charge is 0.460 e. The van der Waals surface area contributed by atoms with E-state index in [1.54, 1.807) is 0 Å². The number of carbonyl (C=O) groups excluding carboxylic acids is 2. The van der Waals surface area contributed by atoms with Crippen molar-refractivity contribution in [2.24, 2.45) is 21.9 Å². The van der Waals surface area contributed by atoms with E-state index < -0.39 is 27.3 Å². The number of hydrogen-bond acceptors (Lipinski definition) is 8. The maximum absolute atomic E-state index is 12.4. The average molecular weight is 361 g/mol. The highest BCUT2D eigenvalue weighted by atomic mass is 32.2. The summed E-state index contributed by atoms with van der Waals surface area (Å²) in [5.74, 6) is -0.359. The van der Waals surface area contributed by atoms with Crippen molar-refractivity contribution in [2.75, 3.05) is 18.1 Å². The van der Waals surface area contributed by atoms with Gasteiger partial charge in [0, 0.05) is 12.2 Å². The maximum atomic E-state index is 12.4. The van der Waals surface area contributed by atoms with Crippen LogP contribution in [0.25, 0.3) is 0 Å². The molecule has 0 aromatic rings. The first-order valence-corrected chi connectivity index (χ1v) is 10.1. The zero-order chi connectivity index (χ0) is 16.9. The summed E-state index contributed by atoms with van der Waals surface area (Å²) >= 11 is 1.09. The zero-order valence-corrected chi connectivity index (χ0v) is 14.7. The van der Waals surface area contributed by atoms with E-state index in [1.807, 2.05) is 13.8 Å². The molecule has 3 rings (SSSR count). The first kappa shape index (κ1) is 16.8. The van der Waals surface area contributed by atoms with Gasteiger partial charge >= 0.3 is 16.1 Å². The molecule has 1 aliphatic heterocycles. The number of fused-ring (bicyclic) bond motifs is 2. The van der Waals surface area contributed by atoms with Crippen LogP contribution >= 0.6 is 11.8 Å². The number of carbonyl (C=O) groups is 2. The number of esters is 1. The average Bonchev–Trinajstić information content (AvgIpc) is 2.80. The number of thioether (sulfide) groups is 1. The highest BCUT2D eigenvalue weighted by molar-refractivity contribution is 8.15. The van der Waals surface area contributed by atoms with Gasteiger partial charge < -0.3 is 4.74 Å². The first-order valence-electron chi connectivity index (χ1n) is 7.50. The van der Waals surface area contributed by atoms with Crippen LogP contribution in [-0.2, 0) is 28.7 Å². The summed E-state index contributed by atoms with van der Waals surface area (Å²) in [6, 6.07) is 0. The van der Waals surface area contributed by atoms with Gasteiger partial charge in [-0.1, -0.05) is 30.8 Å². The number of nitrogens with zero attached hydrogens (tertiary/aromatic N) is 1. The van der Waals surface area contributed by atoms with Crippen LogP contribution in [0.4, 0.5) is 0 Å². The van der Waals surface area contributed by atoms with Crippen LogP contribution in [-0.4, -0.2) is 43.3 Å². The third-order valence-electron chi connectivity index (χ3n) is 5.53. The highest BCUT2D eigenvalue weighted by Gasteiger charge is 2.65. The van der Waals surface area contributed by atoms with Crippen LogP contribution < -0.4 is 0 Å². The van der Waals surface area contributed by atoms with Crippen molar-refractivity contribution in [1.29, 1.82) is 0 Å². The van der Waals surface area contributed by atoms with Crippen LogP contribution in [0.5, 0.6) is 0 Å². The van der Waals surface area contributed by atoms with Crippen molar-refractivity contribution in [3.05, 3.63) is 0 Å². The van der Waals surface area contributed by atoms with Crippen molar-refractivity contribution in [3.63, 3.8) is 0 Å². The summed E-state index contributed by atoms with van der Waals surface area (Å²) in [5, 5.41) is 3.32. The van der Waals surface area contributed by atoms with E-state index in [0.29, 0.717) is 18.6 Å². The lowest BCUT2D eigenvalue weighted by Gasteiger charge is -2.35. The molecule has 2 bridgehead atoms. The van der Waals surface area contributed by atoms with Gasteiger partial charge in [-0.05, 0) is 24.2 Å². The van der Waals surface area contributed by atoms with Crippen LogP contribution in [0.1, 0.15) is 33.1 Å². The third-order valence-corrected chi connectivity index (χ3v) is 7.56. The van der Waals surface area contributed by atoms with E-state index in [1.165, 1.54) is 0 Å². The molecule has 0 aromatic heterocycles. The van der Waals surface area contributed by atoms with Crippen molar-refractivity contribution in [2.45, 2.75) is 33.1 Å². The Bertz CT molecular complexity index is 683. The quantitative estimate of drug-likeness (QED) is 0.550. The molecule has 1 saturated heterocycles. The lowest BCUT2D eigenvalue weighted by Crippen LogP contribution is -2.42. The number of Topliss-reactive ketones (excluding diaryl/α,β-unsaturated/α-hetero) is 1. The molecule has 23 heavy (non-hydrogen) atoms. The number of rotatable bonds is 4. The summed E-state index contributed by atoms with van der Waals surface area (Å²) in [7, 11) is -4.07. The van der Waals surface area contributed by atoms with Crippen LogP contribution in [0.2, 0.25) is 0 Å². The van der Waals surface area contributed by atoms with E-state index in [-0.39, 0.29) is 28.8 Å². The summed E-state index contributed by atoms with van der Waals surface area (Å²) in [6.45, 7) is 4.17. The van der Waals surface area contributed by atoms with Crippen LogP contribution in [0.3, 0.4) is 0 Å². The normalized spacial score (nSPS) is 34.7. The molecule has 2 atom stereocenters. The number of cyclic esters (lactones) is 1. The zero-order valence-electron chi connectivity index (χ0n) is 13.0. The Morgan fingerprint density at radius 1 is 1.39 bits per heavy atom. The summed E-state index contributed by atoms with van der Waals surface area (Å²) in [6.07, 6.45) is 1.84. The molecule has 0 aromatic carbocycles. The van der Waals surface area contributed by atoms with Gasteiger partial charge in [0.15, 0.2) is 0 Å². The molecule has 7 nitrogen and oxygen atoms in total. The number of ether oxygens (including phenoxy) is 1. The first-order chi connectivity index (χ1) is 10.7. The van der Waals surface area contributed by atoms with E-state index >= 15 is 0 Å². The van der Waals surface area contributed by atoms with Crippen molar-refractivity contribution in [1.82, 2.24) is 0 Å². The standard InChI is InChI=1S/C14H19NO6S2/c1-13(2)9-3-4-14(13,10(16)7-9)8-23(18,19)21-15-11-12(17)20-5-6-22-11/h9H,3-8H2,1-2H3. The van der Waals surface area contributed by atoms with E-state index in [9.17, 15) is 18.0 Å². The van der Waals surface area contributed by atoms with E-state index in [0.717, 1.165) is 18.2 Å². The molecule has 2 aliphatic carbocycles. The fourth-order valence-electron chi connectivity index (χ4n) is 3.98. The third kappa shape index (κ3) is 2.67. The summed E-state index contributed by atoms with van der Waals surface area (Å²) < 4.78 is 34.1. The number of hydrogen-bond donors (Lipinski definition) is 0. The minimum absolute atomic E-state index is 0.00923. The van der Waals surface area contributed by atoms with Gasteiger partial charge in [-0.15, -0.1) is 0 Å². The SMILES string of the molecule is CC1(C)C2CCC1(CS(=O)(=O)ON=C1SCCOC1=O)C(=O)C2. The molecule has 0 amide bonds. The fraction of sp³-hybridized carbons (Fsp3) is 0.786. The van der Waals surface area contributed by atoms with Crippen molar-refractivity contribution < 1.29 is 27.0 Å². The minimum Gasteiger partial charge on any atom is -0.460 e. The van der Waals surface area contributed by atoms with Gasteiger partial charge in [-0.25, -0.2) is 4.79 Å². The molecule has 0 spiro atoms. The van der Waals surface area contributed by atoms with Gasteiger partial charge in [-0.2, -0.15) is 8.42 Å². The number of oxime groups is 1. The Hall–Kier alpha value is -1.09. The molecule has 9 heteroatoms. The topological polar surface area (TPSA) is 99.1 Å². The second-order valence-electron chi connectivity index (χ2n) is 6.82. The van der Waals surface area contributed by atoms with E-state index in [2.05, 4.69) is 9.44 Å². The molecule has 3 aliphatic rings. The van der Waals surface area contributed by atoms with Gasteiger partial charge in [-0.3, -0.25) is 9.08 Å². The molecule has 0 radical (unpaired) electrons. The second kappa shape index (κ2) is 5.47. The summed E-state index contributed by atoms with van der Waals surface area (Å²) in [4.78, 5) is 23.8. The van der Waals surface area contributed by atoms with Crippen molar-refractivity contribution in [3.8, 4) is 0 Å².